The Morgan fingerprint density at radius 2 is 2.29 bits per heavy atom. The first-order valence-corrected chi connectivity index (χ1v) is 6.12. The standard InChI is InChI=1S/C13H14N4O4/c1-8(18)14-13-15-10(7-16(13)2)5-9-6-11(17(20)21)3-4-12(9)19/h3-6,19H,7H2,1-2H3,(H,14,15,18)/b10-5+. The molecule has 110 valence electrons. The molecule has 0 bridgehead atoms. The second-order valence-corrected chi connectivity index (χ2v) is 4.61. The molecule has 21 heavy (non-hydrogen) atoms. The number of nitro benzene ring substituents is 1. The van der Waals surface area contributed by atoms with Gasteiger partial charge in [-0.05, 0) is 12.1 Å². The van der Waals surface area contributed by atoms with Gasteiger partial charge in [0.15, 0.2) is 0 Å². The van der Waals surface area contributed by atoms with Crippen LogP contribution >= 0.6 is 0 Å². The largest absolute Gasteiger partial charge is 0.507 e. The van der Waals surface area contributed by atoms with Crippen molar-refractivity contribution >= 4 is 23.6 Å². The number of phenolic OH excluding ortho intramolecular Hbond substituents is 1. The molecule has 1 aliphatic heterocycles. The van der Waals surface area contributed by atoms with Gasteiger partial charge >= 0.3 is 0 Å². The minimum absolute atomic E-state index is 0.0704. The first-order chi connectivity index (χ1) is 9.86. The first kappa shape index (κ1) is 14.5. The maximum Gasteiger partial charge on any atom is 0.270 e. The number of nitrogens with zero attached hydrogens (tertiary/aromatic N) is 3. The number of guanidine groups is 1. The highest BCUT2D eigenvalue weighted by Crippen LogP contribution is 2.26. The zero-order valence-electron chi connectivity index (χ0n) is 11.5. The number of hydrogen-bond donors (Lipinski definition) is 2. The molecule has 0 atom stereocenters. The number of rotatable bonds is 2. The molecule has 2 rings (SSSR count). The van der Waals surface area contributed by atoms with E-state index in [1.807, 2.05) is 0 Å². The number of nitro groups is 1. The van der Waals surface area contributed by atoms with E-state index < -0.39 is 4.92 Å². The van der Waals surface area contributed by atoms with E-state index in [2.05, 4.69) is 10.3 Å². The summed E-state index contributed by atoms with van der Waals surface area (Å²) in [5.41, 5.74) is 0.773. The second kappa shape index (κ2) is 5.61. The normalized spacial score (nSPS) is 16.0. The van der Waals surface area contributed by atoms with Gasteiger partial charge in [0, 0.05) is 31.7 Å². The van der Waals surface area contributed by atoms with Gasteiger partial charge in [-0.3, -0.25) is 20.2 Å². The molecule has 2 N–H and O–H groups in total. The van der Waals surface area contributed by atoms with Crippen molar-refractivity contribution in [3.63, 3.8) is 0 Å². The van der Waals surface area contributed by atoms with Gasteiger partial charge in [-0.2, -0.15) is 0 Å². The van der Waals surface area contributed by atoms with Gasteiger partial charge < -0.3 is 10.0 Å². The minimum Gasteiger partial charge on any atom is -0.507 e. The Balaban J connectivity index is 2.32. The van der Waals surface area contributed by atoms with Crippen molar-refractivity contribution in [1.82, 2.24) is 10.2 Å². The quantitative estimate of drug-likeness (QED) is 0.626. The Hall–Kier alpha value is -2.90. The molecule has 0 saturated heterocycles. The molecule has 8 nitrogen and oxygen atoms in total. The summed E-state index contributed by atoms with van der Waals surface area (Å²) in [6.45, 7) is 1.81. The van der Waals surface area contributed by atoms with Gasteiger partial charge in [-0.15, -0.1) is 0 Å². The molecular formula is C13H14N4O4. The SMILES string of the molecule is CC(=O)NC1=N/C(=C/c2cc([N+](=O)[O-])ccc2O)CN1C. The lowest BCUT2D eigenvalue weighted by Crippen LogP contribution is -2.38. The van der Waals surface area contributed by atoms with E-state index >= 15 is 0 Å². The van der Waals surface area contributed by atoms with Crippen molar-refractivity contribution in [2.75, 3.05) is 13.6 Å². The summed E-state index contributed by atoms with van der Waals surface area (Å²) in [5.74, 6) is 0.0950. The molecule has 0 fully saturated rings. The number of nitrogens with one attached hydrogen (secondary N) is 1. The number of amides is 1. The van der Waals surface area contributed by atoms with Gasteiger partial charge in [-0.25, -0.2) is 4.99 Å². The fourth-order valence-electron chi connectivity index (χ4n) is 1.88. The van der Waals surface area contributed by atoms with E-state index in [0.717, 1.165) is 0 Å². The summed E-state index contributed by atoms with van der Waals surface area (Å²) in [4.78, 5) is 27.2. The fourth-order valence-corrected chi connectivity index (χ4v) is 1.88. The van der Waals surface area contributed by atoms with Crippen molar-refractivity contribution in [3.8, 4) is 5.75 Å². The van der Waals surface area contributed by atoms with E-state index in [-0.39, 0.29) is 17.3 Å². The summed E-state index contributed by atoms with van der Waals surface area (Å²) in [7, 11) is 1.75. The Labute approximate surface area is 120 Å². The lowest BCUT2D eigenvalue weighted by Gasteiger charge is -2.12. The number of aliphatic imine (C=N–C) groups is 1. The average molecular weight is 290 g/mol. The van der Waals surface area contributed by atoms with E-state index in [1.54, 1.807) is 18.0 Å². The lowest BCUT2D eigenvalue weighted by molar-refractivity contribution is -0.384. The van der Waals surface area contributed by atoms with Crippen molar-refractivity contribution < 1.29 is 14.8 Å². The van der Waals surface area contributed by atoms with Gasteiger partial charge in [0.25, 0.3) is 5.69 Å². The lowest BCUT2D eigenvalue weighted by atomic mass is 10.1. The van der Waals surface area contributed by atoms with Crippen LogP contribution in [0.25, 0.3) is 6.08 Å². The molecule has 8 heteroatoms. The van der Waals surface area contributed by atoms with Crippen LogP contribution < -0.4 is 5.32 Å². The maximum atomic E-state index is 11.0. The third-order valence-electron chi connectivity index (χ3n) is 2.84. The van der Waals surface area contributed by atoms with Crippen molar-refractivity contribution in [2.45, 2.75) is 6.92 Å². The van der Waals surface area contributed by atoms with Crippen molar-refractivity contribution in [1.29, 1.82) is 0 Å². The van der Waals surface area contributed by atoms with Crippen LogP contribution in [-0.2, 0) is 4.79 Å². The van der Waals surface area contributed by atoms with Crippen LogP contribution in [0.3, 0.4) is 0 Å². The summed E-state index contributed by atoms with van der Waals surface area (Å²) >= 11 is 0. The smallest absolute Gasteiger partial charge is 0.270 e. The maximum absolute atomic E-state index is 11.0. The number of benzene rings is 1. The zero-order chi connectivity index (χ0) is 15.6. The van der Waals surface area contributed by atoms with Crippen LogP contribution in [0.5, 0.6) is 5.75 Å². The molecule has 1 aromatic rings. The van der Waals surface area contributed by atoms with Crippen LogP contribution in [0.15, 0.2) is 28.9 Å². The molecule has 0 aromatic heterocycles. The van der Waals surface area contributed by atoms with Crippen LogP contribution in [0.2, 0.25) is 0 Å². The predicted molar refractivity (Wildman–Crippen MR) is 76.6 cm³/mol. The molecule has 1 amide bonds. The number of aromatic hydroxyl groups is 1. The van der Waals surface area contributed by atoms with Gasteiger partial charge in [0.1, 0.15) is 5.75 Å². The second-order valence-electron chi connectivity index (χ2n) is 4.61. The zero-order valence-corrected chi connectivity index (χ0v) is 11.5. The summed E-state index contributed by atoms with van der Waals surface area (Å²) in [6, 6.07) is 3.76. The van der Waals surface area contributed by atoms with Crippen LogP contribution in [0, 0.1) is 10.1 Å². The molecule has 0 unspecified atom stereocenters. The van der Waals surface area contributed by atoms with E-state index in [0.29, 0.717) is 23.8 Å². The molecule has 0 aliphatic carbocycles. The number of phenols is 1. The summed E-state index contributed by atoms with van der Waals surface area (Å²) in [6.07, 6.45) is 1.55. The Kier molecular flexibility index (Phi) is 3.88. The highest BCUT2D eigenvalue weighted by Gasteiger charge is 2.18. The number of non-ortho nitro benzene ring substituents is 1. The van der Waals surface area contributed by atoms with Crippen LogP contribution in [0.4, 0.5) is 5.69 Å². The summed E-state index contributed by atoms with van der Waals surface area (Å²) < 4.78 is 0. The van der Waals surface area contributed by atoms with Crippen molar-refractivity contribution in [2.24, 2.45) is 4.99 Å². The van der Waals surface area contributed by atoms with E-state index in [9.17, 15) is 20.0 Å². The number of carbonyl (C=O) groups excluding carboxylic acids is 1. The van der Waals surface area contributed by atoms with E-state index in [1.165, 1.54) is 25.1 Å². The van der Waals surface area contributed by atoms with Gasteiger partial charge in [-0.1, -0.05) is 0 Å². The highest BCUT2D eigenvalue weighted by molar-refractivity contribution is 5.97. The third kappa shape index (κ3) is 3.35. The Morgan fingerprint density at radius 1 is 1.57 bits per heavy atom. The van der Waals surface area contributed by atoms with Crippen LogP contribution in [0.1, 0.15) is 12.5 Å². The highest BCUT2D eigenvalue weighted by atomic mass is 16.6. The number of carbonyl (C=O) groups is 1. The molecule has 0 saturated carbocycles. The van der Waals surface area contributed by atoms with Crippen molar-refractivity contribution in [3.05, 3.63) is 39.6 Å². The van der Waals surface area contributed by atoms with Gasteiger partial charge in [0.05, 0.1) is 17.2 Å². The number of likely N-dealkylation sites (N-methyl/N-ethyl adjacent to an activating group) is 1. The Bertz CT molecular complexity index is 666. The molecule has 0 spiro atoms. The summed E-state index contributed by atoms with van der Waals surface area (Å²) in [5, 5.41) is 23.1. The first-order valence-electron chi connectivity index (χ1n) is 6.12. The molecular weight excluding hydrogens is 276 g/mol. The average Bonchev–Trinajstić information content (AvgIpc) is 2.71. The van der Waals surface area contributed by atoms with E-state index in [4.69, 9.17) is 0 Å². The Morgan fingerprint density at radius 3 is 2.90 bits per heavy atom. The van der Waals surface area contributed by atoms with Gasteiger partial charge in [0.2, 0.25) is 11.9 Å². The predicted octanol–water partition coefficient (Wildman–Crippen LogP) is 1.08. The molecule has 1 aliphatic rings. The molecule has 0 radical (unpaired) electrons. The molecule has 1 heterocycles. The number of hydrogen-bond acceptors (Lipinski definition) is 6. The third-order valence-corrected chi connectivity index (χ3v) is 2.84. The van der Waals surface area contributed by atoms with Crippen LogP contribution in [-0.4, -0.2) is 40.4 Å². The minimum atomic E-state index is -0.534. The molecule has 1 aromatic carbocycles. The fraction of sp³-hybridized carbons (Fsp3) is 0.231. The monoisotopic (exact) mass is 290 g/mol. The topological polar surface area (TPSA) is 108 Å².